The Balaban J connectivity index is 2.47. The van der Waals surface area contributed by atoms with Gasteiger partial charge in [-0.1, -0.05) is 11.8 Å². The molecule has 20 heavy (non-hydrogen) atoms. The number of carbonyl (C=O) groups is 1. The highest BCUT2D eigenvalue weighted by atomic mass is 32.2. The van der Waals surface area contributed by atoms with Crippen LogP contribution in [0.25, 0.3) is 11.0 Å². The number of rotatable bonds is 6. The number of aliphatic hydroxyl groups excluding tert-OH is 1. The number of nitrogens with zero attached hydrogens (tertiary/aromatic N) is 3. The average molecular weight is 295 g/mol. The number of nitro groups is 1. The Kier molecular flexibility index (Phi) is 4.35. The Labute approximate surface area is 118 Å². The summed E-state index contributed by atoms with van der Waals surface area (Å²) in [6.45, 7) is 1.74. The first kappa shape index (κ1) is 14.5. The van der Waals surface area contributed by atoms with Gasteiger partial charge >= 0.3 is 0 Å². The van der Waals surface area contributed by atoms with Gasteiger partial charge in [-0.05, 0) is 13.0 Å². The third-order valence-corrected chi connectivity index (χ3v) is 3.76. The highest BCUT2D eigenvalue weighted by molar-refractivity contribution is 7.99. The van der Waals surface area contributed by atoms with Gasteiger partial charge in [0.05, 0.1) is 28.3 Å². The fourth-order valence-corrected chi connectivity index (χ4v) is 2.64. The Morgan fingerprint density at radius 1 is 1.55 bits per heavy atom. The molecule has 0 unspecified atom stereocenters. The van der Waals surface area contributed by atoms with Crippen molar-refractivity contribution < 1.29 is 14.8 Å². The van der Waals surface area contributed by atoms with Crippen LogP contribution in [0, 0.1) is 10.1 Å². The van der Waals surface area contributed by atoms with Gasteiger partial charge in [-0.25, -0.2) is 4.98 Å². The summed E-state index contributed by atoms with van der Waals surface area (Å²) in [4.78, 5) is 25.6. The molecule has 0 aliphatic carbocycles. The van der Waals surface area contributed by atoms with E-state index in [9.17, 15) is 14.9 Å². The molecule has 1 heterocycles. The molecule has 1 aromatic heterocycles. The normalized spacial score (nSPS) is 10.9. The first-order valence-corrected chi connectivity index (χ1v) is 6.89. The Morgan fingerprint density at radius 3 is 2.90 bits per heavy atom. The molecule has 8 heteroatoms. The van der Waals surface area contributed by atoms with Crippen LogP contribution in [0.1, 0.15) is 6.92 Å². The third kappa shape index (κ3) is 2.97. The lowest BCUT2D eigenvalue weighted by Crippen LogP contribution is -2.05. The quantitative estimate of drug-likeness (QED) is 0.494. The third-order valence-electron chi connectivity index (χ3n) is 2.64. The van der Waals surface area contributed by atoms with Crippen LogP contribution >= 0.6 is 11.8 Å². The molecular weight excluding hydrogens is 282 g/mol. The van der Waals surface area contributed by atoms with Crippen LogP contribution in [0.4, 0.5) is 5.69 Å². The average Bonchev–Trinajstić information content (AvgIpc) is 2.74. The number of aromatic nitrogens is 2. The van der Waals surface area contributed by atoms with Crippen LogP contribution in [-0.2, 0) is 11.3 Å². The second kappa shape index (κ2) is 6.02. The number of nitro benzene ring substituents is 1. The minimum absolute atomic E-state index is 0.0172. The van der Waals surface area contributed by atoms with Crippen molar-refractivity contribution in [1.29, 1.82) is 0 Å². The molecule has 0 spiro atoms. The van der Waals surface area contributed by atoms with Gasteiger partial charge in [-0.15, -0.1) is 0 Å². The number of hydrogen-bond donors (Lipinski definition) is 1. The number of Topliss-reactive ketones (excluding diaryl/α,β-unsaturated/α-hetero) is 1. The van der Waals surface area contributed by atoms with Crippen molar-refractivity contribution in [3.05, 3.63) is 28.3 Å². The lowest BCUT2D eigenvalue weighted by Gasteiger charge is -2.05. The molecule has 0 radical (unpaired) electrons. The highest BCUT2D eigenvalue weighted by Gasteiger charge is 2.15. The number of non-ortho nitro benzene ring substituents is 1. The molecule has 0 bridgehead atoms. The molecule has 0 amide bonds. The molecule has 0 aliphatic heterocycles. The topological polar surface area (TPSA) is 98.3 Å². The Bertz CT molecular complexity index is 668. The van der Waals surface area contributed by atoms with E-state index in [2.05, 4.69) is 4.98 Å². The van der Waals surface area contributed by atoms with Crippen LogP contribution in [-0.4, -0.2) is 37.7 Å². The van der Waals surface area contributed by atoms with Gasteiger partial charge in [0.25, 0.3) is 5.69 Å². The summed E-state index contributed by atoms with van der Waals surface area (Å²) < 4.78 is 1.76. The molecule has 7 nitrogen and oxygen atoms in total. The summed E-state index contributed by atoms with van der Waals surface area (Å²) in [5.41, 5.74) is 1.16. The van der Waals surface area contributed by atoms with Crippen LogP contribution in [0.5, 0.6) is 0 Å². The first-order chi connectivity index (χ1) is 9.52. The van der Waals surface area contributed by atoms with Gasteiger partial charge in [0.15, 0.2) is 5.16 Å². The Morgan fingerprint density at radius 2 is 2.30 bits per heavy atom. The lowest BCUT2D eigenvalue weighted by atomic mass is 10.3. The van der Waals surface area contributed by atoms with Gasteiger partial charge in [-0.2, -0.15) is 0 Å². The van der Waals surface area contributed by atoms with E-state index in [0.717, 1.165) is 0 Å². The number of fused-ring (bicyclic) bond motifs is 1. The molecule has 0 atom stereocenters. The van der Waals surface area contributed by atoms with Crippen molar-refractivity contribution in [2.75, 3.05) is 12.4 Å². The molecule has 0 aliphatic rings. The maximum absolute atomic E-state index is 11.0. The fourth-order valence-electron chi connectivity index (χ4n) is 1.80. The maximum atomic E-state index is 11.0. The number of benzene rings is 1. The summed E-state index contributed by atoms with van der Waals surface area (Å²) >= 11 is 1.26. The van der Waals surface area contributed by atoms with Crippen LogP contribution in [0.15, 0.2) is 23.4 Å². The van der Waals surface area contributed by atoms with E-state index in [1.807, 2.05) is 0 Å². The largest absolute Gasteiger partial charge is 0.395 e. The zero-order valence-corrected chi connectivity index (χ0v) is 11.6. The monoisotopic (exact) mass is 295 g/mol. The standard InChI is InChI=1S/C12H13N3O4S/c1-8(17)7-20-12-13-10-6-9(15(18)19)2-3-11(10)14(12)4-5-16/h2-3,6,16H,4-5,7H2,1H3. The summed E-state index contributed by atoms with van der Waals surface area (Å²) in [7, 11) is 0. The first-order valence-electron chi connectivity index (χ1n) is 5.90. The van der Waals surface area contributed by atoms with Gasteiger partial charge in [0, 0.05) is 18.7 Å². The zero-order valence-electron chi connectivity index (χ0n) is 10.8. The molecule has 2 rings (SSSR count). The second-order valence-corrected chi connectivity index (χ2v) is 5.13. The van der Waals surface area contributed by atoms with Crippen molar-refractivity contribution >= 4 is 34.3 Å². The summed E-state index contributed by atoms with van der Waals surface area (Å²) in [6, 6.07) is 4.40. The van der Waals surface area contributed by atoms with Crippen molar-refractivity contribution in [3.8, 4) is 0 Å². The number of ketones is 1. The molecular formula is C12H13N3O4S. The van der Waals surface area contributed by atoms with E-state index in [1.54, 1.807) is 10.6 Å². The van der Waals surface area contributed by atoms with Crippen LogP contribution in [0.3, 0.4) is 0 Å². The maximum Gasteiger partial charge on any atom is 0.271 e. The van der Waals surface area contributed by atoms with Crippen LogP contribution < -0.4 is 0 Å². The fraction of sp³-hybridized carbons (Fsp3) is 0.333. The van der Waals surface area contributed by atoms with E-state index < -0.39 is 4.92 Å². The molecule has 106 valence electrons. The van der Waals surface area contributed by atoms with E-state index >= 15 is 0 Å². The number of hydrogen-bond acceptors (Lipinski definition) is 6. The lowest BCUT2D eigenvalue weighted by molar-refractivity contribution is -0.384. The smallest absolute Gasteiger partial charge is 0.271 e. The molecule has 2 aromatic rings. The Hall–Kier alpha value is -1.93. The van der Waals surface area contributed by atoms with E-state index in [-0.39, 0.29) is 23.8 Å². The highest BCUT2D eigenvalue weighted by Crippen LogP contribution is 2.26. The van der Waals surface area contributed by atoms with E-state index in [0.29, 0.717) is 22.7 Å². The number of aliphatic hydroxyl groups is 1. The van der Waals surface area contributed by atoms with Crippen molar-refractivity contribution in [3.63, 3.8) is 0 Å². The minimum Gasteiger partial charge on any atom is -0.395 e. The minimum atomic E-state index is -0.479. The van der Waals surface area contributed by atoms with Gasteiger partial charge < -0.3 is 9.67 Å². The zero-order chi connectivity index (χ0) is 14.7. The molecule has 1 N–H and O–H groups in total. The van der Waals surface area contributed by atoms with Crippen molar-refractivity contribution in [1.82, 2.24) is 9.55 Å². The molecule has 1 aromatic carbocycles. The number of carbonyl (C=O) groups excluding carboxylic acids is 1. The van der Waals surface area contributed by atoms with E-state index in [1.165, 1.54) is 30.8 Å². The predicted octanol–water partition coefficient (Wildman–Crippen LogP) is 1.62. The van der Waals surface area contributed by atoms with E-state index in [4.69, 9.17) is 5.11 Å². The van der Waals surface area contributed by atoms with Gasteiger partial charge in [0.1, 0.15) is 5.78 Å². The van der Waals surface area contributed by atoms with Crippen molar-refractivity contribution in [2.45, 2.75) is 18.6 Å². The molecule has 0 fully saturated rings. The van der Waals surface area contributed by atoms with Gasteiger partial charge in [-0.3, -0.25) is 14.9 Å². The van der Waals surface area contributed by atoms with Crippen LogP contribution in [0.2, 0.25) is 0 Å². The molecule has 0 saturated carbocycles. The van der Waals surface area contributed by atoms with Gasteiger partial charge in [0.2, 0.25) is 0 Å². The summed E-state index contributed by atoms with van der Waals surface area (Å²) in [6.07, 6.45) is 0. The van der Waals surface area contributed by atoms with Crippen molar-refractivity contribution in [2.24, 2.45) is 0 Å². The SMILES string of the molecule is CC(=O)CSc1nc2cc([N+](=O)[O-])ccc2n1CCO. The number of thioether (sulfide) groups is 1. The predicted molar refractivity (Wildman–Crippen MR) is 74.9 cm³/mol. The second-order valence-electron chi connectivity index (χ2n) is 4.19. The number of imidazole rings is 1. The summed E-state index contributed by atoms with van der Waals surface area (Å²) in [5, 5.41) is 20.4. The molecule has 0 saturated heterocycles. The summed E-state index contributed by atoms with van der Waals surface area (Å²) in [5.74, 6) is 0.292.